The molecule has 3 aromatic carbocycles. The summed E-state index contributed by atoms with van der Waals surface area (Å²) in [5.74, 6) is -0.260. The summed E-state index contributed by atoms with van der Waals surface area (Å²) in [6, 6.07) is 25.8. The highest BCUT2D eigenvalue weighted by atomic mass is 79.9. The monoisotopic (exact) mass is 477 g/mol. The van der Waals surface area contributed by atoms with Gasteiger partial charge in [-0.2, -0.15) is 0 Å². The Bertz CT molecular complexity index is 1150. The highest BCUT2D eigenvalue weighted by Gasteiger charge is 2.15. The molecule has 0 fully saturated rings. The van der Waals surface area contributed by atoms with Gasteiger partial charge in [0.1, 0.15) is 12.4 Å². The fourth-order valence-electron chi connectivity index (χ4n) is 3.26. The van der Waals surface area contributed by atoms with Crippen molar-refractivity contribution in [2.24, 2.45) is 0 Å². The lowest BCUT2D eigenvalue weighted by Crippen LogP contribution is -2.24. The van der Waals surface area contributed by atoms with Crippen molar-refractivity contribution in [3.63, 3.8) is 0 Å². The Labute approximate surface area is 187 Å². The van der Waals surface area contributed by atoms with Crippen molar-refractivity contribution in [1.82, 2.24) is 0 Å². The summed E-state index contributed by atoms with van der Waals surface area (Å²) in [7, 11) is 0. The number of rotatable bonds is 7. The minimum absolute atomic E-state index is 0.0827. The van der Waals surface area contributed by atoms with Crippen LogP contribution in [0.4, 0.5) is 0 Å². The Balaban J connectivity index is 1.66. The first-order chi connectivity index (χ1) is 14.6. The van der Waals surface area contributed by atoms with Crippen LogP contribution in [0.25, 0.3) is 21.6 Å². The number of hydrogen-bond acceptors (Lipinski definition) is 4. The van der Waals surface area contributed by atoms with Crippen LogP contribution in [0.1, 0.15) is 11.1 Å². The second-order valence-corrected chi connectivity index (χ2v) is 8.66. The molecule has 1 aromatic heterocycles. The number of halogens is 1. The topological polar surface area (TPSA) is 49.4 Å². The summed E-state index contributed by atoms with van der Waals surface area (Å²) >= 11 is 5.22. The molecule has 4 aromatic rings. The molecule has 0 saturated heterocycles. The van der Waals surface area contributed by atoms with Crippen molar-refractivity contribution in [2.75, 3.05) is 0 Å². The van der Waals surface area contributed by atoms with Crippen LogP contribution in [0.5, 0.6) is 5.75 Å². The molecule has 0 unspecified atom stereocenters. The number of carbonyl (C=O) groups excluding carboxylic acids is 1. The average Bonchev–Trinajstić information content (AvgIpc) is 3.23. The van der Waals surface area contributed by atoms with Gasteiger partial charge in [0.25, 0.3) is 0 Å². The van der Waals surface area contributed by atoms with Gasteiger partial charge in [0.2, 0.25) is 0 Å². The average molecular weight is 478 g/mol. The van der Waals surface area contributed by atoms with Crippen LogP contribution >= 0.6 is 27.3 Å². The van der Waals surface area contributed by atoms with E-state index in [0.29, 0.717) is 6.61 Å². The first-order valence-electron chi connectivity index (χ1n) is 9.43. The van der Waals surface area contributed by atoms with Crippen LogP contribution in [0.3, 0.4) is 0 Å². The standard InChI is InChI=1S/C25H19BrO3S/c26-20-10-11-23(29-16-18-4-2-1-3-5-18)22(15-20)21-12-13-30-25(21)19-8-6-17(7-9-19)14-24(27)28/h1-13,15H,14,16H2,(H,27,28)/p-1. The number of ether oxygens (including phenoxy) is 1. The molecule has 0 atom stereocenters. The Kier molecular flexibility index (Phi) is 6.31. The lowest BCUT2D eigenvalue weighted by atomic mass is 10.0. The van der Waals surface area contributed by atoms with E-state index < -0.39 is 5.97 Å². The molecule has 1 heterocycles. The SMILES string of the molecule is O=C([O-])Cc1ccc(-c2sccc2-c2cc(Br)ccc2OCc2ccccc2)cc1. The van der Waals surface area contributed by atoms with Gasteiger partial charge in [-0.05, 0) is 46.3 Å². The number of carbonyl (C=O) groups is 1. The summed E-state index contributed by atoms with van der Waals surface area (Å²) in [4.78, 5) is 11.9. The predicted molar refractivity (Wildman–Crippen MR) is 122 cm³/mol. The van der Waals surface area contributed by atoms with E-state index in [2.05, 4.69) is 33.4 Å². The van der Waals surface area contributed by atoms with Gasteiger partial charge < -0.3 is 14.6 Å². The molecule has 0 spiro atoms. The van der Waals surface area contributed by atoms with Crippen molar-refractivity contribution >= 4 is 33.2 Å². The maximum Gasteiger partial charge on any atom is 0.127 e. The number of carboxylic acid groups (broad SMARTS) is 1. The van der Waals surface area contributed by atoms with Crippen molar-refractivity contribution in [3.8, 4) is 27.3 Å². The molecule has 0 aliphatic heterocycles. The van der Waals surface area contributed by atoms with Gasteiger partial charge in [-0.3, -0.25) is 0 Å². The number of carboxylic acids is 1. The molecule has 0 radical (unpaired) electrons. The molecule has 3 nitrogen and oxygen atoms in total. The van der Waals surface area contributed by atoms with Crippen molar-refractivity contribution < 1.29 is 14.6 Å². The van der Waals surface area contributed by atoms with Gasteiger partial charge in [0.15, 0.2) is 0 Å². The van der Waals surface area contributed by atoms with Gasteiger partial charge in [0, 0.05) is 32.9 Å². The smallest absolute Gasteiger partial charge is 0.127 e. The van der Waals surface area contributed by atoms with Gasteiger partial charge in [-0.25, -0.2) is 0 Å². The van der Waals surface area contributed by atoms with Crippen molar-refractivity contribution in [2.45, 2.75) is 13.0 Å². The van der Waals surface area contributed by atoms with Gasteiger partial charge in [-0.15, -0.1) is 11.3 Å². The third-order valence-corrected chi connectivity index (χ3v) is 6.16. The molecule has 5 heteroatoms. The minimum atomic E-state index is -1.08. The Morgan fingerprint density at radius 1 is 0.900 bits per heavy atom. The van der Waals surface area contributed by atoms with Gasteiger partial charge in [-0.1, -0.05) is 70.5 Å². The maximum absolute atomic E-state index is 10.8. The molecule has 0 aliphatic carbocycles. The van der Waals surface area contributed by atoms with Crippen molar-refractivity contribution in [1.29, 1.82) is 0 Å². The van der Waals surface area contributed by atoms with E-state index in [9.17, 15) is 9.90 Å². The van der Waals surface area contributed by atoms with E-state index in [1.807, 2.05) is 66.7 Å². The van der Waals surface area contributed by atoms with Gasteiger partial charge >= 0.3 is 0 Å². The van der Waals surface area contributed by atoms with Crippen LogP contribution in [-0.2, 0) is 17.8 Å². The second-order valence-electron chi connectivity index (χ2n) is 6.82. The molecule has 0 aliphatic rings. The van der Waals surface area contributed by atoms with E-state index in [1.165, 1.54) is 0 Å². The normalized spacial score (nSPS) is 10.7. The van der Waals surface area contributed by atoms with E-state index in [1.54, 1.807) is 11.3 Å². The molecular weight excluding hydrogens is 460 g/mol. The first-order valence-corrected chi connectivity index (χ1v) is 11.1. The van der Waals surface area contributed by atoms with E-state index in [-0.39, 0.29) is 6.42 Å². The van der Waals surface area contributed by atoms with Crippen LogP contribution in [0.2, 0.25) is 0 Å². The number of benzene rings is 3. The summed E-state index contributed by atoms with van der Waals surface area (Å²) in [5, 5.41) is 12.9. The molecule has 150 valence electrons. The first kappa shape index (κ1) is 20.4. The zero-order chi connectivity index (χ0) is 20.9. The maximum atomic E-state index is 10.8. The fraction of sp³-hybridized carbons (Fsp3) is 0.0800. The molecule has 0 N–H and O–H groups in total. The Morgan fingerprint density at radius 2 is 1.67 bits per heavy atom. The summed E-state index contributed by atoms with van der Waals surface area (Å²) in [6.07, 6.45) is -0.0827. The third-order valence-electron chi connectivity index (χ3n) is 4.70. The lowest BCUT2D eigenvalue weighted by molar-refractivity contribution is -0.304. The largest absolute Gasteiger partial charge is 0.550 e. The number of hydrogen-bond donors (Lipinski definition) is 0. The summed E-state index contributed by atoms with van der Waals surface area (Å²) in [5.41, 5.74) is 4.97. The molecule has 0 amide bonds. The second kappa shape index (κ2) is 9.28. The molecule has 30 heavy (non-hydrogen) atoms. The van der Waals surface area contributed by atoms with E-state index in [0.717, 1.165) is 42.9 Å². The van der Waals surface area contributed by atoms with E-state index >= 15 is 0 Å². The zero-order valence-electron chi connectivity index (χ0n) is 16.0. The number of thiophene rings is 1. The van der Waals surface area contributed by atoms with Crippen LogP contribution in [0.15, 0.2) is 88.7 Å². The molecule has 4 rings (SSSR count). The quantitative estimate of drug-likeness (QED) is 0.342. The fourth-order valence-corrected chi connectivity index (χ4v) is 4.54. The lowest BCUT2D eigenvalue weighted by Gasteiger charge is -2.13. The zero-order valence-corrected chi connectivity index (χ0v) is 18.4. The minimum Gasteiger partial charge on any atom is -0.550 e. The van der Waals surface area contributed by atoms with E-state index in [4.69, 9.17) is 4.74 Å². The molecule has 0 saturated carbocycles. The van der Waals surface area contributed by atoms with Crippen molar-refractivity contribution in [3.05, 3.63) is 99.8 Å². The van der Waals surface area contributed by atoms with Crippen LogP contribution in [-0.4, -0.2) is 5.97 Å². The summed E-state index contributed by atoms with van der Waals surface area (Å²) < 4.78 is 7.15. The summed E-state index contributed by atoms with van der Waals surface area (Å²) in [6.45, 7) is 0.493. The predicted octanol–water partition coefficient (Wildman–Crippen LogP) is 5.72. The van der Waals surface area contributed by atoms with Crippen LogP contribution in [0, 0.1) is 0 Å². The Hall–Kier alpha value is -2.89. The van der Waals surface area contributed by atoms with Gasteiger partial charge in [0.05, 0.1) is 0 Å². The highest BCUT2D eigenvalue weighted by Crippen LogP contribution is 2.42. The Morgan fingerprint density at radius 3 is 2.40 bits per heavy atom. The third kappa shape index (κ3) is 4.81. The highest BCUT2D eigenvalue weighted by molar-refractivity contribution is 9.10. The van der Waals surface area contributed by atoms with Crippen LogP contribution < -0.4 is 9.84 Å². The molecule has 0 bridgehead atoms. The molecular formula is C25H18BrO3S-. The number of aliphatic carboxylic acids is 1.